The Bertz CT molecular complexity index is 559. The summed E-state index contributed by atoms with van der Waals surface area (Å²) >= 11 is 6.64. The second kappa shape index (κ2) is 5.23. The molecular weight excluding hydrogens is 382 g/mol. The minimum absolute atomic E-state index is 0.0656. The van der Waals surface area contributed by atoms with Crippen molar-refractivity contribution in [2.45, 2.75) is 31.2 Å². The molecule has 1 aliphatic rings. The van der Waals surface area contributed by atoms with Crippen molar-refractivity contribution < 1.29 is 8.42 Å². The average Bonchev–Trinajstić information content (AvgIpc) is 2.62. The second-order valence-corrected chi connectivity index (χ2v) is 8.47. The summed E-state index contributed by atoms with van der Waals surface area (Å²) in [6.07, 6.45) is 0.921. The number of sulfonamides is 1. The molecule has 100 valence electrons. The molecule has 0 N–H and O–H groups in total. The molecule has 0 aromatic heterocycles. The smallest absolute Gasteiger partial charge is 0.207 e. The zero-order chi connectivity index (χ0) is 13.5. The Kier molecular flexibility index (Phi) is 4.21. The molecule has 3 nitrogen and oxygen atoms in total. The van der Waals surface area contributed by atoms with Crippen molar-refractivity contribution in [3.63, 3.8) is 0 Å². The van der Waals surface area contributed by atoms with Crippen molar-refractivity contribution in [1.82, 2.24) is 4.31 Å². The second-order valence-electron chi connectivity index (χ2n) is 4.84. The van der Waals surface area contributed by atoms with Gasteiger partial charge in [0.15, 0.2) is 0 Å². The molecule has 0 bridgehead atoms. The van der Waals surface area contributed by atoms with Gasteiger partial charge in [-0.2, -0.15) is 4.31 Å². The van der Waals surface area contributed by atoms with Crippen LogP contribution in [-0.4, -0.2) is 25.3 Å². The first-order valence-corrected chi connectivity index (χ1v) is 8.82. The largest absolute Gasteiger partial charge is 0.244 e. The topological polar surface area (TPSA) is 37.4 Å². The quantitative estimate of drug-likeness (QED) is 0.765. The van der Waals surface area contributed by atoms with Gasteiger partial charge in [-0.25, -0.2) is 8.42 Å². The van der Waals surface area contributed by atoms with E-state index in [1.54, 1.807) is 16.4 Å². The van der Waals surface area contributed by atoms with Gasteiger partial charge >= 0.3 is 0 Å². The summed E-state index contributed by atoms with van der Waals surface area (Å²) in [5.41, 5.74) is 0. The fourth-order valence-electron chi connectivity index (χ4n) is 2.40. The first-order chi connectivity index (χ1) is 8.32. The highest BCUT2D eigenvalue weighted by Crippen LogP contribution is 2.33. The number of hydrogen-bond donors (Lipinski definition) is 0. The van der Waals surface area contributed by atoms with Crippen LogP contribution in [0.1, 0.15) is 20.3 Å². The first kappa shape index (κ1) is 14.5. The average molecular weight is 397 g/mol. The van der Waals surface area contributed by atoms with Crippen LogP contribution in [0.4, 0.5) is 0 Å². The van der Waals surface area contributed by atoms with Gasteiger partial charge in [-0.05, 0) is 53.4 Å². The fraction of sp³-hybridized carbons (Fsp3) is 0.500. The van der Waals surface area contributed by atoms with Crippen molar-refractivity contribution in [3.05, 3.63) is 27.1 Å². The number of nitrogens with zero attached hydrogens (tertiary/aromatic N) is 1. The third-order valence-corrected chi connectivity index (χ3v) is 6.67. The molecule has 1 saturated heterocycles. The third-order valence-electron chi connectivity index (χ3n) is 3.21. The van der Waals surface area contributed by atoms with Gasteiger partial charge in [0.1, 0.15) is 0 Å². The van der Waals surface area contributed by atoms with Gasteiger partial charge < -0.3 is 0 Å². The van der Waals surface area contributed by atoms with Gasteiger partial charge in [0.05, 0.1) is 4.90 Å². The van der Waals surface area contributed by atoms with Crippen molar-refractivity contribution >= 4 is 41.9 Å². The van der Waals surface area contributed by atoms with Crippen molar-refractivity contribution in [2.24, 2.45) is 5.92 Å². The molecule has 2 unspecified atom stereocenters. The predicted octanol–water partition coefficient (Wildman–Crippen LogP) is 3.63. The molecule has 1 aromatic rings. The van der Waals surface area contributed by atoms with E-state index in [0.29, 0.717) is 21.8 Å². The summed E-state index contributed by atoms with van der Waals surface area (Å²) in [4.78, 5) is 0.331. The van der Waals surface area contributed by atoms with Crippen molar-refractivity contribution in [2.75, 3.05) is 6.54 Å². The lowest BCUT2D eigenvalue weighted by molar-refractivity contribution is 0.405. The molecule has 0 saturated carbocycles. The van der Waals surface area contributed by atoms with Crippen LogP contribution < -0.4 is 0 Å². The van der Waals surface area contributed by atoms with E-state index in [4.69, 9.17) is 0 Å². The van der Waals surface area contributed by atoms with Crippen molar-refractivity contribution in [3.8, 4) is 0 Å². The maximum atomic E-state index is 12.6. The number of halogens is 2. The lowest BCUT2D eigenvalue weighted by atomic mass is 10.1. The molecule has 2 atom stereocenters. The highest BCUT2D eigenvalue weighted by molar-refractivity contribution is 9.11. The lowest BCUT2D eigenvalue weighted by Crippen LogP contribution is -2.34. The van der Waals surface area contributed by atoms with E-state index in [1.807, 2.05) is 13.0 Å². The molecule has 0 amide bonds. The van der Waals surface area contributed by atoms with Crippen LogP contribution >= 0.6 is 31.9 Å². The van der Waals surface area contributed by atoms with E-state index < -0.39 is 10.0 Å². The minimum Gasteiger partial charge on any atom is -0.207 e. The summed E-state index contributed by atoms with van der Waals surface area (Å²) in [6, 6.07) is 5.28. The van der Waals surface area contributed by atoms with Crippen LogP contribution in [0.2, 0.25) is 0 Å². The van der Waals surface area contributed by atoms with E-state index in [9.17, 15) is 8.42 Å². The molecule has 2 rings (SSSR count). The Morgan fingerprint density at radius 2 is 1.94 bits per heavy atom. The Hall–Kier alpha value is 0.0900. The third kappa shape index (κ3) is 2.66. The van der Waals surface area contributed by atoms with Gasteiger partial charge in [0, 0.05) is 21.5 Å². The molecule has 0 spiro atoms. The summed E-state index contributed by atoms with van der Waals surface area (Å²) in [5, 5.41) is 0. The van der Waals surface area contributed by atoms with Crippen LogP contribution in [0.25, 0.3) is 0 Å². The highest BCUT2D eigenvalue weighted by atomic mass is 79.9. The van der Waals surface area contributed by atoms with Gasteiger partial charge in [-0.15, -0.1) is 0 Å². The molecule has 6 heteroatoms. The van der Waals surface area contributed by atoms with E-state index in [1.165, 1.54) is 0 Å². The molecule has 1 heterocycles. The summed E-state index contributed by atoms with van der Waals surface area (Å²) in [5.74, 6) is 0.417. The molecule has 1 fully saturated rings. The van der Waals surface area contributed by atoms with Crippen LogP contribution in [-0.2, 0) is 10.0 Å². The van der Waals surface area contributed by atoms with Crippen LogP contribution in [0.3, 0.4) is 0 Å². The van der Waals surface area contributed by atoms with Gasteiger partial charge in [-0.1, -0.05) is 22.9 Å². The number of benzene rings is 1. The van der Waals surface area contributed by atoms with Gasteiger partial charge in [0.2, 0.25) is 10.0 Å². The van der Waals surface area contributed by atoms with E-state index in [-0.39, 0.29) is 6.04 Å². The highest BCUT2D eigenvalue weighted by Gasteiger charge is 2.36. The summed E-state index contributed by atoms with van der Waals surface area (Å²) in [6.45, 7) is 4.65. The maximum absolute atomic E-state index is 12.6. The fourth-order valence-corrected chi connectivity index (χ4v) is 5.62. The van der Waals surface area contributed by atoms with Crippen LogP contribution in [0, 0.1) is 5.92 Å². The van der Waals surface area contributed by atoms with E-state index in [0.717, 1.165) is 10.9 Å². The zero-order valence-electron chi connectivity index (χ0n) is 10.2. The molecular formula is C12H15Br2NO2S. The number of rotatable bonds is 2. The molecule has 1 aromatic carbocycles. The van der Waals surface area contributed by atoms with E-state index in [2.05, 4.69) is 38.8 Å². The number of hydrogen-bond acceptors (Lipinski definition) is 2. The molecule has 1 aliphatic heterocycles. The van der Waals surface area contributed by atoms with Gasteiger partial charge in [0.25, 0.3) is 0 Å². The Labute approximate surface area is 125 Å². The van der Waals surface area contributed by atoms with E-state index >= 15 is 0 Å². The normalized spacial score (nSPS) is 25.6. The SMILES string of the molecule is CC1CC(C)N(S(=O)(=O)c2cc(Br)ccc2Br)C1. The summed E-state index contributed by atoms with van der Waals surface area (Å²) in [7, 11) is -3.42. The Morgan fingerprint density at radius 3 is 2.50 bits per heavy atom. The molecule has 0 radical (unpaired) electrons. The van der Waals surface area contributed by atoms with Crippen molar-refractivity contribution in [1.29, 1.82) is 0 Å². The summed E-state index contributed by atoms with van der Waals surface area (Å²) < 4.78 is 28.3. The first-order valence-electron chi connectivity index (χ1n) is 5.79. The molecule has 0 aliphatic carbocycles. The Morgan fingerprint density at radius 1 is 1.28 bits per heavy atom. The maximum Gasteiger partial charge on any atom is 0.244 e. The van der Waals surface area contributed by atoms with Gasteiger partial charge in [-0.3, -0.25) is 0 Å². The monoisotopic (exact) mass is 395 g/mol. The predicted molar refractivity (Wildman–Crippen MR) is 79.0 cm³/mol. The minimum atomic E-state index is -3.42. The van der Waals surface area contributed by atoms with Crippen LogP contribution in [0.15, 0.2) is 32.0 Å². The standard InChI is InChI=1S/C12H15Br2NO2S/c1-8-5-9(2)15(7-8)18(16,17)12-6-10(13)3-4-11(12)14/h3-4,6,8-9H,5,7H2,1-2H3. The Balaban J connectivity index is 2.45. The van der Waals surface area contributed by atoms with Crippen LogP contribution in [0.5, 0.6) is 0 Å². The lowest BCUT2D eigenvalue weighted by Gasteiger charge is -2.21. The zero-order valence-corrected chi connectivity index (χ0v) is 14.2. The molecule has 18 heavy (non-hydrogen) atoms.